The summed E-state index contributed by atoms with van der Waals surface area (Å²) in [5.41, 5.74) is 3.44. The number of amides is 2. The zero-order chi connectivity index (χ0) is 23.5. The molecule has 2 amide bonds. The van der Waals surface area contributed by atoms with E-state index in [4.69, 9.17) is 0 Å². The molecule has 1 saturated heterocycles. The number of fused-ring (bicyclic) bond motifs is 1. The summed E-state index contributed by atoms with van der Waals surface area (Å²) >= 11 is 0. The fourth-order valence-electron chi connectivity index (χ4n) is 5.14. The molecule has 1 aromatic carbocycles. The molecule has 0 spiro atoms. The van der Waals surface area contributed by atoms with E-state index in [1.807, 2.05) is 24.3 Å². The number of carbonyl (C=O) groups excluding carboxylic acids is 2. The highest BCUT2D eigenvalue weighted by Crippen LogP contribution is 2.33. The average Bonchev–Trinajstić information content (AvgIpc) is 3.54. The van der Waals surface area contributed by atoms with Gasteiger partial charge in [0.1, 0.15) is 11.7 Å². The predicted molar refractivity (Wildman–Crippen MR) is 128 cm³/mol. The Labute approximate surface area is 199 Å². The molecular formula is C26H30N6O2. The Morgan fingerprint density at radius 2 is 1.85 bits per heavy atom. The molecule has 2 N–H and O–H groups in total. The molecule has 1 fully saturated rings. The summed E-state index contributed by atoms with van der Waals surface area (Å²) in [5, 5.41) is 3.25. The van der Waals surface area contributed by atoms with E-state index in [1.54, 1.807) is 23.5 Å². The van der Waals surface area contributed by atoms with Crippen LogP contribution in [0.5, 0.6) is 0 Å². The van der Waals surface area contributed by atoms with Gasteiger partial charge in [-0.1, -0.05) is 30.3 Å². The number of carbonyl (C=O) groups is 2. The zero-order valence-corrected chi connectivity index (χ0v) is 19.4. The first kappa shape index (κ1) is 22.3. The van der Waals surface area contributed by atoms with Gasteiger partial charge in [0.2, 0.25) is 5.91 Å². The van der Waals surface area contributed by atoms with E-state index in [1.165, 1.54) is 17.5 Å². The molecule has 3 aromatic rings. The molecule has 1 aliphatic carbocycles. The summed E-state index contributed by atoms with van der Waals surface area (Å²) in [4.78, 5) is 43.1. The normalized spacial score (nSPS) is 17.8. The van der Waals surface area contributed by atoms with E-state index < -0.39 is 6.04 Å². The van der Waals surface area contributed by atoms with Crippen molar-refractivity contribution in [2.24, 2.45) is 0 Å². The SMILES string of the molecule is CN1CCC(NC(=O)C(c2cccnc2)N(C(=O)c2c[nH]cn2)C2Cc3ccccc3C2)CC1. The van der Waals surface area contributed by atoms with Crippen LogP contribution in [0.4, 0.5) is 0 Å². The summed E-state index contributed by atoms with van der Waals surface area (Å²) in [5.74, 6) is -0.422. The Morgan fingerprint density at radius 3 is 2.47 bits per heavy atom. The molecule has 34 heavy (non-hydrogen) atoms. The van der Waals surface area contributed by atoms with Gasteiger partial charge in [0.05, 0.1) is 6.33 Å². The summed E-state index contributed by atoms with van der Waals surface area (Å²) in [6, 6.07) is 11.1. The number of benzene rings is 1. The minimum Gasteiger partial charge on any atom is -0.351 e. The highest BCUT2D eigenvalue weighted by Gasteiger charge is 2.40. The van der Waals surface area contributed by atoms with Crippen LogP contribution in [0.1, 0.15) is 46.1 Å². The summed E-state index contributed by atoms with van der Waals surface area (Å²) in [6.07, 6.45) is 9.63. The van der Waals surface area contributed by atoms with Crippen molar-refractivity contribution in [1.29, 1.82) is 0 Å². The first-order chi connectivity index (χ1) is 16.6. The molecule has 1 aliphatic heterocycles. The van der Waals surface area contributed by atoms with Gasteiger partial charge in [0.15, 0.2) is 0 Å². The van der Waals surface area contributed by atoms with Gasteiger partial charge in [-0.2, -0.15) is 0 Å². The topological polar surface area (TPSA) is 94.2 Å². The highest BCUT2D eigenvalue weighted by atomic mass is 16.2. The molecular weight excluding hydrogens is 428 g/mol. The molecule has 1 unspecified atom stereocenters. The molecule has 3 heterocycles. The van der Waals surface area contributed by atoms with Gasteiger partial charge < -0.3 is 20.1 Å². The van der Waals surface area contributed by atoms with Crippen molar-refractivity contribution in [2.45, 2.75) is 43.8 Å². The third kappa shape index (κ3) is 4.59. The molecule has 8 nitrogen and oxygen atoms in total. The van der Waals surface area contributed by atoms with Crippen LogP contribution in [0.2, 0.25) is 0 Å². The Kier molecular flexibility index (Phi) is 6.40. The third-order valence-electron chi connectivity index (χ3n) is 6.97. The number of nitrogens with zero attached hydrogens (tertiary/aromatic N) is 4. The standard InChI is InChI=1S/C26H30N6O2/c1-31-11-8-21(9-12-31)30-25(33)24(20-7-4-10-27-15-20)32(26(34)23-16-28-17-29-23)22-13-18-5-2-3-6-19(18)14-22/h2-7,10,15-17,21-22,24H,8-9,11-14H2,1H3,(H,28,29)(H,30,33). The van der Waals surface area contributed by atoms with Crippen molar-refractivity contribution < 1.29 is 9.59 Å². The smallest absolute Gasteiger partial charge is 0.275 e. The Balaban J connectivity index is 1.50. The maximum absolute atomic E-state index is 13.9. The molecule has 5 rings (SSSR count). The molecule has 2 aliphatic rings. The van der Waals surface area contributed by atoms with Gasteiger partial charge >= 0.3 is 0 Å². The van der Waals surface area contributed by atoms with E-state index in [0.717, 1.165) is 25.9 Å². The van der Waals surface area contributed by atoms with Crippen LogP contribution in [0, 0.1) is 0 Å². The number of H-pyrrole nitrogens is 1. The van der Waals surface area contributed by atoms with E-state index in [9.17, 15) is 9.59 Å². The fourth-order valence-corrected chi connectivity index (χ4v) is 5.14. The minimum absolute atomic E-state index is 0.0889. The molecule has 2 aromatic heterocycles. The first-order valence-corrected chi connectivity index (χ1v) is 11.9. The Morgan fingerprint density at radius 1 is 1.12 bits per heavy atom. The maximum atomic E-state index is 13.9. The average molecular weight is 459 g/mol. The number of nitrogens with one attached hydrogen (secondary N) is 2. The van der Waals surface area contributed by atoms with Gasteiger partial charge in [-0.05, 0) is 63.0 Å². The van der Waals surface area contributed by atoms with Crippen molar-refractivity contribution >= 4 is 11.8 Å². The van der Waals surface area contributed by atoms with Gasteiger partial charge in [0.25, 0.3) is 5.91 Å². The Bertz CT molecular complexity index is 1100. The van der Waals surface area contributed by atoms with Crippen LogP contribution < -0.4 is 5.32 Å². The molecule has 1 atom stereocenters. The van der Waals surface area contributed by atoms with E-state index in [-0.39, 0.29) is 23.9 Å². The highest BCUT2D eigenvalue weighted by molar-refractivity contribution is 5.96. The van der Waals surface area contributed by atoms with E-state index in [0.29, 0.717) is 24.1 Å². The van der Waals surface area contributed by atoms with Crippen LogP contribution >= 0.6 is 0 Å². The number of likely N-dealkylation sites (tertiary alicyclic amines) is 1. The maximum Gasteiger partial charge on any atom is 0.275 e. The lowest BCUT2D eigenvalue weighted by atomic mass is 9.99. The monoisotopic (exact) mass is 458 g/mol. The second-order valence-corrected chi connectivity index (χ2v) is 9.27. The molecule has 0 saturated carbocycles. The lowest BCUT2D eigenvalue weighted by Crippen LogP contribution is -2.52. The van der Waals surface area contributed by atoms with Gasteiger partial charge in [0, 0.05) is 36.2 Å². The van der Waals surface area contributed by atoms with E-state index in [2.05, 4.69) is 44.3 Å². The van der Waals surface area contributed by atoms with E-state index >= 15 is 0 Å². The summed E-state index contributed by atoms with van der Waals surface area (Å²) < 4.78 is 0. The van der Waals surface area contributed by atoms with Crippen LogP contribution in [0.15, 0.2) is 61.3 Å². The van der Waals surface area contributed by atoms with Crippen molar-refractivity contribution in [1.82, 2.24) is 30.1 Å². The molecule has 0 radical (unpaired) electrons. The summed E-state index contributed by atoms with van der Waals surface area (Å²) in [6.45, 7) is 1.88. The van der Waals surface area contributed by atoms with Gasteiger partial charge in [-0.15, -0.1) is 0 Å². The lowest BCUT2D eigenvalue weighted by molar-refractivity contribution is -0.127. The third-order valence-corrected chi connectivity index (χ3v) is 6.97. The van der Waals surface area contributed by atoms with Crippen LogP contribution in [0.25, 0.3) is 0 Å². The number of hydrogen-bond acceptors (Lipinski definition) is 5. The minimum atomic E-state index is -0.795. The predicted octanol–water partition coefficient (Wildman–Crippen LogP) is 2.37. The first-order valence-electron chi connectivity index (χ1n) is 11.9. The van der Waals surface area contributed by atoms with Gasteiger partial charge in [-0.25, -0.2) is 4.98 Å². The number of imidazole rings is 1. The second-order valence-electron chi connectivity index (χ2n) is 9.27. The fraction of sp³-hybridized carbons (Fsp3) is 0.385. The number of pyridine rings is 1. The molecule has 0 bridgehead atoms. The van der Waals surface area contributed by atoms with Crippen molar-refractivity contribution in [3.63, 3.8) is 0 Å². The number of aromatic nitrogens is 3. The van der Waals surface area contributed by atoms with Crippen LogP contribution in [-0.2, 0) is 17.6 Å². The zero-order valence-electron chi connectivity index (χ0n) is 19.4. The number of rotatable bonds is 6. The van der Waals surface area contributed by atoms with Crippen molar-refractivity contribution in [3.05, 3.63) is 83.7 Å². The quantitative estimate of drug-likeness (QED) is 0.592. The van der Waals surface area contributed by atoms with Crippen LogP contribution in [-0.4, -0.2) is 68.8 Å². The molecule has 8 heteroatoms. The Hall–Kier alpha value is -3.52. The van der Waals surface area contributed by atoms with Gasteiger partial charge in [-0.3, -0.25) is 14.6 Å². The van der Waals surface area contributed by atoms with Crippen LogP contribution in [0.3, 0.4) is 0 Å². The van der Waals surface area contributed by atoms with Crippen molar-refractivity contribution in [2.75, 3.05) is 20.1 Å². The lowest BCUT2D eigenvalue weighted by Gasteiger charge is -2.37. The number of aromatic amines is 1. The van der Waals surface area contributed by atoms with Crippen molar-refractivity contribution in [3.8, 4) is 0 Å². The number of piperidine rings is 1. The molecule has 176 valence electrons. The number of hydrogen-bond donors (Lipinski definition) is 2. The largest absolute Gasteiger partial charge is 0.351 e. The second kappa shape index (κ2) is 9.77. The summed E-state index contributed by atoms with van der Waals surface area (Å²) in [7, 11) is 2.10.